The van der Waals surface area contributed by atoms with Gasteiger partial charge in [-0.2, -0.15) is 0 Å². The fraction of sp³-hybridized carbons (Fsp3) is 0.318. The Kier molecular flexibility index (Phi) is 5.37. The van der Waals surface area contributed by atoms with Crippen LogP contribution in [-0.2, 0) is 24.2 Å². The van der Waals surface area contributed by atoms with Gasteiger partial charge in [-0.05, 0) is 54.8 Å². The van der Waals surface area contributed by atoms with Crippen molar-refractivity contribution in [3.63, 3.8) is 0 Å². The molecule has 1 aliphatic heterocycles. The van der Waals surface area contributed by atoms with Crippen LogP contribution in [0.15, 0.2) is 48.5 Å². The number of amides is 1. The molecule has 0 radical (unpaired) electrons. The van der Waals surface area contributed by atoms with Crippen LogP contribution in [-0.4, -0.2) is 27.8 Å². The number of aryl methyl sites for hydroxylation is 1. The number of methoxy groups -OCH3 is 1. The van der Waals surface area contributed by atoms with Gasteiger partial charge in [0.15, 0.2) is 5.82 Å². The van der Waals surface area contributed by atoms with Crippen LogP contribution in [0.25, 0.3) is 11.4 Å². The van der Waals surface area contributed by atoms with Crippen molar-refractivity contribution >= 4 is 11.6 Å². The predicted molar refractivity (Wildman–Crippen MR) is 108 cm³/mol. The summed E-state index contributed by atoms with van der Waals surface area (Å²) in [7, 11) is 1.62. The summed E-state index contributed by atoms with van der Waals surface area (Å²) in [6.07, 6.45) is 4.87. The summed E-state index contributed by atoms with van der Waals surface area (Å²) in [6.45, 7) is 0.969. The molecule has 0 saturated carbocycles. The highest BCUT2D eigenvalue weighted by Crippen LogP contribution is 2.24. The zero-order chi connectivity index (χ0) is 19.3. The Morgan fingerprint density at radius 3 is 2.79 bits per heavy atom. The molecule has 2 heterocycles. The Hall–Kier alpha value is -3.15. The number of aromatic nitrogens is 3. The Balaban J connectivity index is 1.43. The third-order valence-corrected chi connectivity index (χ3v) is 5.04. The molecule has 1 aromatic heterocycles. The fourth-order valence-corrected chi connectivity index (χ4v) is 3.57. The molecule has 0 atom stereocenters. The molecule has 0 bridgehead atoms. The van der Waals surface area contributed by atoms with E-state index in [0.717, 1.165) is 53.6 Å². The van der Waals surface area contributed by atoms with E-state index in [9.17, 15) is 4.79 Å². The number of nitrogens with zero attached hydrogens (tertiary/aromatic N) is 3. The minimum absolute atomic E-state index is 0.0580. The molecule has 6 heteroatoms. The Labute approximate surface area is 164 Å². The first kappa shape index (κ1) is 18.2. The summed E-state index contributed by atoms with van der Waals surface area (Å²) >= 11 is 0. The van der Waals surface area contributed by atoms with Crippen LogP contribution in [0.1, 0.15) is 30.7 Å². The standard InChI is InChI=1S/C22H24N4O2/c1-28-19-7-5-6-16(14-19)15-21(27)23-18-11-9-17(10-12-18)22-25-24-20-8-3-2-4-13-26(20)22/h5-7,9-12,14H,2-4,8,13,15H2,1H3,(H,23,27). The molecule has 4 rings (SSSR count). The number of benzene rings is 2. The van der Waals surface area contributed by atoms with E-state index in [0.29, 0.717) is 6.42 Å². The van der Waals surface area contributed by atoms with Crippen LogP contribution >= 0.6 is 0 Å². The van der Waals surface area contributed by atoms with Gasteiger partial charge < -0.3 is 14.6 Å². The summed E-state index contributed by atoms with van der Waals surface area (Å²) in [5, 5.41) is 11.7. The van der Waals surface area contributed by atoms with E-state index in [2.05, 4.69) is 20.1 Å². The monoisotopic (exact) mass is 376 g/mol. The van der Waals surface area contributed by atoms with Crippen molar-refractivity contribution in [3.05, 3.63) is 59.9 Å². The number of fused-ring (bicyclic) bond motifs is 1. The van der Waals surface area contributed by atoms with Gasteiger partial charge in [0, 0.05) is 24.2 Å². The summed E-state index contributed by atoms with van der Waals surface area (Å²) in [6, 6.07) is 15.4. The van der Waals surface area contributed by atoms with Crippen LogP contribution in [0.5, 0.6) is 5.75 Å². The molecule has 0 aliphatic carbocycles. The lowest BCUT2D eigenvalue weighted by atomic mass is 10.1. The molecule has 2 aromatic carbocycles. The second-order valence-electron chi connectivity index (χ2n) is 7.06. The van der Waals surface area contributed by atoms with Gasteiger partial charge >= 0.3 is 0 Å². The van der Waals surface area contributed by atoms with Crippen LogP contribution in [0, 0.1) is 0 Å². The number of rotatable bonds is 5. The van der Waals surface area contributed by atoms with E-state index in [4.69, 9.17) is 4.74 Å². The molecule has 144 valence electrons. The SMILES string of the molecule is COc1cccc(CC(=O)Nc2ccc(-c3nnc4n3CCCCC4)cc2)c1. The molecule has 0 saturated heterocycles. The molecule has 0 fully saturated rings. The number of anilines is 1. The van der Waals surface area contributed by atoms with Gasteiger partial charge in [-0.25, -0.2) is 0 Å². The van der Waals surface area contributed by atoms with Crippen molar-refractivity contribution in [2.45, 2.75) is 38.6 Å². The van der Waals surface area contributed by atoms with Gasteiger partial charge in [0.05, 0.1) is 13.5 Å². The molecule has 28 heavy (non-hydrogen) atoms. The summed E-state index contributed by atoms with van der Waals surface area (Å²) in [5.41, 5.74) is 2.71. The lowest BCUT2D eigenvalue weighted by molar-refractivity contribution is -0.115. The Morgan fingerprint density at radius 1 is 1.11 bits per heavy atom. The van der Waals surface area contributed by atoms with Gasteiger partial charge in [-0.15, -0.1) is 10.2 Å². The van der Waals surface area contributed by atoms with Crippen LogP contribution in [0.4, 0.5) is 5.69 Å². The number of nitrogens with one attached hydrogen (secondary N) is 1. The molecule has 1 N–H and O–H groups in total. The van der Waals surface area contributed by atoms with Crippen molar-refractivity contribution in [1.29, 1.82) is 0 Å². The van der Waals surface area contributed by atoms with Gasteiger partial charge in [0.2, 0.25) is 5.91 Å². The highest BCUT2D eigenvalue weighted by atomic mass is 16.5. The lowest BCUT2D eigenvalue weighted by Gasteiger charge is -2.09. The van der Waals surface area contributed by atoms with E-state index >= 15 is 0 Å². The van der Waals surface area contributed by atoms with Crippen LogP contribution in [0.2, 0.25) is 0 Å². The van der Waals surface area contributed by atoms with E-state index in [1.165, 1.54) is 12.8 Å². The van der Waals surface area contributed by atoms with Crippen molar-refractivity contribution in [1.82, 2.24) is 14.8 Å². The third kappa shape index (κ3) is 4.06. The van der Waals surface area contributed by atoms with Gasteiger partial charge in [-0.3, -0.25) is 4.79 Å². The molecular weight excluding hydrogens is 352 g/mol. The van der Waals surface area contributed by atoms with Crippen LogP contribution in [0.3, 0.4) is 0 Å². The first-order valence-electron chi connectivity index (χ1n) is 9.68. The molecule has 0 spiro atoms. The maximum atomic E-state index is 12.3. The third-order valence-electron chi connectivity index (χ3n) is 5.04. The number of carbonyl (C=O) groups excluding carboxylic acids is 1. The number of hydrogen-bond acceptors (Lipinski definition) is 4. The largest absolute Gasteiger partial charge is 0.497 e. The Bertz CT molecular complexity index is 963. The number of carbonyl (C=O) groups is 1. The zero-order valence-electron chi connectivity index (χ0n) is 16.0. The first-order chi connectivity index (χ1) is 13.7. The highest BCUT2D eigenvalue weighted by Gasteiger charge is 2.16. The van der Waals surface area contributed by atoms with Crippen molar-refractivity contribution in [2.24, 2.45) is 0 Å². The maximum Gasteiger partial charge on any atom is 0.228 e. The molecule has 6 nitrogen and oxygen atoms in total. The first-order valence-corrected chi connectivity index (χ1v) is 9.68. The zero-order valence-corrected chi connectivity index (χ0v) is 16.0. The second-order valence-corrected chi connectivity index (χ2v) is 7.06. The van der Waals surface area contributed by atoms with Crippen molar-refractivity contribution < 1.29 is 9.53 Å². The summed E-state index contributed by atoms with van der Waals surface area (Å²) < 4.78 is 7.43. The van der Waals surface area contributed by atoms with Gasteiger partial charge in [-0.1, -0.05) is 18.6 Å². The van der Waals surface area contributed by atoms with E-state index in [1.54, 1.807) is 7.11 Å². The predicted octanol–water partition coefficient (Wildman–Crippen LogP) is 3.86. The van der Waals surface area contributed by atoms with E-state index in [1.807, 2.05) is 48.5 Å². The molecule has 1 aliphatic rings. The van der Waals surface area contributed by atoms with Gasteiger partial charge in [0.1, 0.15) is 11.6 Å². The Morgan fingerprint density at radius 2 is 1.96 bits per heavy atom. The fourth-order valence-electron chi connectivity index (χ4n) is 3.57. The van der Waals surface area contributed by atoms with Gasteiger partial charge in [0.25, 0.3) is 0 Å². The topological polar surface area (TPSA) is 69.0 Å². The summed E-state index contributed by atoms with van der Waals surface area (Å²) in [5.74, 6) is 2.67. The minimum Gasteiger partial charge on any atom is -0.497 e. The second kappa shape index (κ2) is 8.25. The van der Waals surface area contributed by atoms with Crippen LogP contribution < -0.4 is 10.1 Å². The average molecular weight is 376 g/mol. The number of ether oxygens (including phenoxy) is 1. The molecule has 3 aromatic rings. The molecular formula is C22H24N4O2. The van der Waals surface area contributed by atoms with E-state index in [-0.39, 0.29) is 5.91 Å². The molecule has 0 unspecified atom stereocenters. The molecule has 1 amide bonds. The van der Waals surface area contributed by atoms with Crippen molar-refractivity contribution in [2.75, 3.05) is 12.4 Å². The average Bonchev–Trinajstić information content (AvgIpc) is 2.97. The van der Waals surface area contributed by atoms with Crippen molar-refractivity contribution in [3.8, 4) is 17.1 Å². The number of hydrogen-bond donors (Lipinski definition) is 1. The normalized spacial score (nSPS) is 13.5. The lowest BCUT2D eigenvalue weighted by Crippen LogP contribution is -2.14. The minimum atomic E-state index is -0.0580. The van der Waals surface area contributed by atoms with E-state index < -0.39 is 0 Å². The highest BCUT2D eigenvalue weighted by molar-refractivity contribution is 5.92. The quantitative estimate of drug-likeness (QED) is 0.734. The smallest absolute Gasteiger partial charge is 0.228 e. The summed E-state index contributed by atoms with van der Waals surface area (Å²) in [4.78, 5) is 12.3. The maximum absolute atomic E-state index is 12.3.